The van der Waals surface area contributed by atoms with Crippen molar-refractivity contribution in [3.63, 3.8) is 0 Å². The van der Waals surface area contributed by atoms with E-state index in [0.29, 0.717) is 12.0 Å². The molecule has 0 amide bonds. The molecule has 19 heavy (non-hydrogen) atoms. The predicted molar refractivity (Wildman–Crippen MR) is 80.4 cm³/mol. The maximum atomic E-state index is 5.87. The normalized spacial score (nSPS) is 21.7. The minimum atomic E-state index is 0.342. The average molecular weight is 266 g/mol. The number of benzene rings is 1. The molecule has 0 bridgehead atoms. The zero-order chi connectivity index (χ0) is 12.8. The van der Waals surface area contributed by atoms with Gasteiger partial charge in [-0.05, 0) is 47.0 Å². The van der Waals surface area contributed by atoms with Gasteiger partial charge in [0.25, 0.3) is 0 Å². The zero-order valence-electron chi connectivity index (χ0n) is 10.4. The van der Waals surface area contributed by atoms with Crippen LogP contribution in [0.3, 0.4) is 0 Å². The topological polar surface area (TPSA) is 38.9 Å². The van der Waals surface area contributed by atoms with E-state index in [1.54, 1.807) is 11.3 Å². The van der Waals surface area contributed by atoms with Crippen molar-refractivity contribution < 1.29 is 0 Å². The van der Waals surface area contributed by atoms with E-state index in [1.165, 1.54) is 21.2 Å². The second-order valence-corrected chi connectivity index (χ2v) is 6.10. The van der Waals surface area contributed by atoms with Gasteiger partial charge in [0.15, 0.2) is 0 Å². The van der Waals surface area contributed by atoms with Gasteiger partial charge in [0.1, 0.15) is 0 Å². The van der Waals surface area contributed by atoms with E-state index in [2.05, 4.69) is 46.8 Å². The molecule has 2 N–H and O–H groups in total. The number of rotatable bonds is 2. The van der Waals surface area contributed by atoms with Gasteiger partial charge in [0.05, 0.1) is 5.69 Å². The van der Waals surface area contributed by atoms with Crippen LogP contribution in [-0.2, 0) is 0 Å². The smallest absolute Gasteiger partial charge is 0.0702 e. The maximum absolute atomic E-state index is 5.87. The minimum absolute atomic E-state index is 0.342. The lowest BCUT2D eigenvalue weighted by Crippen LogP contribution is -2.01. The Morgan fingerprint density at radius 1 is 1.16 bits per heavy atom. The van der Waals surface area contributed by atoms with Gasteiger partial charge in [0, 0.05) is 28.4 Å². The van der Waals surface area contributed by atoms with Crippen molar-refractivity contribution in [3.05, 3.63) is 53.5 Å². The molecule has 1 fully saturated rings. The molecule has 3 aromatic rings. The average Bonchev–Trinajstić information content (AvgIpc) is 3.00. The molecule has 2 heterocycles. The van der Waals surface area contributed by atoms with Crippen molar-refractivity contribution in [2.45, 2.75) is 18.4 Å². The van der Waals surface area contributed by atoms with E-state index < -0.39 is 0 Å². The second-order valence-electron chi connectivity index (χ2n) is 5.16. The highest BCUT2D eigenvalue weighted by atomic mass is 32.1. The van der Waals surface area contributed by atoms with Crippen LogP contribution in [0.1, 0.15) is 17.9 Å². The lowest BCUT2D eigenvalue weighted by molar-refractivity contribution is 0.981. The number of hydrogen-bond acceptors (Lipinski definition) is 3. The van der Waals surface area contributed by atoms with E-state index >= 15 is 0 Å². The van der Waals surface area contributed by atoms with Crippen molar-refractivity contribution in [2.75, 3.05) is 0 Å². The molecular formula is C16H14N2S. The van der Waals surface area contributed by atoms with Gasteiger partial charge in [-0.3, -0.25) is 4.98 Å². The molecule has 0 aliphatic heterocycles. The standard InChI is InChI=1S/C16H14N2S/c17-14-8-13(14)12-1-3-15(18-9-12)10-2-4-16-11(7-10)5-6-19-16/h1-7,9,13-14H,8,17H2/t13-,14+/m0/s1. The first-order chi connectivity index (χ1) is 9.31. The molecule has 3 heteroatoms. The van der Waals surface area contributed by atoms with Gasteiger partial charge in [-0.2, -0.15) is 0 Å². The monoisotopic (exact) mass is 266 g/mol. The van der Waals surface area contributed by atoms with E-state index in [0.717, 1.165) is 12.1 Å². The summed E-state index contributed by atoms with van der Waals surface area (Å²) in [4.78, 5) is 4.58. The molecule has 1 saturated carbocycles. The number of hydrogen-bond donors (Lipinski definition) is 1. The summed E-state index contributed by atoms with van der Waals surface area (Å²) in [5.74, 6) is 0.529. The van der Waals surface area contributed by atoms with Crippen LogP contribution in [0.15, 0.2) is 48.0 Å². The summed E-state index contributed by atoms with van der Waals surface area (Å²) in [5, 5.41) is 3.41. The van der Waals surface area contributed by atoms with Gasteiger partial charge >= 0.3 is 0 Å². The van der Waals surface area contributed by atoms with E-state index in [9.17, 15) is 0 Å². The fraction of sp³-hybridized carbons (Fsp3) is 0.188. The Bertz CT molecular complexity index is 730. The first-order valence-corrected chi connectivity index (χ1v) is 7.38. The van der Waals surface area contributed by atoms with Crippen LogP contribution in [0, 0.1) is 0 Å². The molecule has 0 radical (unpaired) electrons. The molecule has 94 valence electrons. The van der Waals surface area contributed by atoms with E-state index in [1.807, 2.05) is 6.20 Å². The van der Waals surface area contributed by atoms with Gasteiger partial charge in [-0.15, -0.1) is 11.3 Å². The van der Waals surface area contributed by atoms with Crippen molar-refractivity contribution in [1.29, 1.82) is 0 Å². The highest BCUT2D eigenvalue weighted by Crippen LogP contribution is 2.39. The Morgan fingerprint density at radius 3 is 2.79 bits per heavy atom. The molecule has 1 aliphatic rings. The predicted octanol–water partition coefficient (Wildman–Crippen LogP) is 3.78. The lowest BCUT2D eigenvalue weighted by Gasteiger charge is -2.03. The highest BCUT2D eigenvalue weighted by Gasteiger charge is 2.34. The molecule has 2 atom stereocenters. The van der Waals surface area contributed by atoms with Crippen LogP contribution in [0.4, 0.5) is 0 Å². The molecule has 1 aromatic carbocycles. The molecule has 2 nitrogen and oxygen atoms in total. The Kier molecular flexibility index (Phi) is 2.43. The third kappa shape index (κ3) is 1.95. The maximum Gasteiger partial charge on any atom is 0.0702 e. The van der Waals surface area contributed by atoms with Gasteiger partial charge in [-0.1, -0.05) is 12.1 Å². The summed E-state index contributed by atoms with van der Waals surface area (Å²) in [7, 11) is 0. The van der Waals surface area contributed by atoms with Gasteiger partial charge in [0.2, 0.25) is 0 Å². The van der Waals surface area contributed by atoms with Crippen LogP contribution in [-0.4, -0.2) is 11.0 Å². The number of aromatic nitrogens is 1. The second kappa shape index (κ2) is 4.15. The lowest BCUT2D eigenvalue weighted by atomic mass is 10.1. The molecular weight excluding hydrogens is 252 g/mol. The minimum Gasteiger partial charge on any atom is -0.327 e. The molecule has 2 aromatic heterocycles. The van der Waals surface area contributed by atoms with Crippen molar-refractivity contribution >= 4 is 21.4 Å². The summed E-state index contributed by atoms with van der Waals surface area (Å²) in [5.41, 5.74) is 9.35. The van der Waals surface area contributed by atoms with E-state index in [-0.39, 0.29) is 0 Å². The van der Waals surface area contributed by atoms with Gasteiger partial charge in [-0.25, -0.2) is 0 Å². The SMILES string of the molecule is N[C@@H]1C[C@H]1c1ccc(-c2ccc3sccc3c2)nc1. The van der Waals surface area contributed by atoms with Crippen LogP contribution in [0.5, 0.6) is 0 Å². The third-order valence-corrected chi connectivity index (χ3v) is 4.70. The van der Waals surface area contributed by atoms with E-state index in [4.69, 9.17) is 5.73 Å². The highest BCUT2D eigenvalue weighted by molar-refractivity contribution is 7.17. The number of fused-ring (bicyclic) bond motifs is 1. The molecule has 0 unspecified atom stereocenters. The molecule has 0 saturated heterocycles. The van der Waals surface area contributed by atoms with Crippen molar-refractivity contribution in [2.24, 2.45) is 5.73 Å². The van der Waals surface area contributed by atoms with Crippen LogP contribution >= 0.6 is 11.3 Å². The first-order valence-electron chi connectivity index (χ1n) is 6.50. The largest absolute Gasteiger partial charge is 0.327 e. The molecule has 4 rings (SSSR count). The summed E-state index contributed by atoms with van der Waals surface area (Å²) < 4.78 is 1.32. The summed E-state index contributed by atoms with van der Waals surface area (Å²) >= 11 is 1.77. The quantitative estimate of drug-likeness (QED) is 0.766. The fourth-order valence-corrected chi connectivity index (χ4v) is 3.29. The molecule has 1 aliphatic carbocycles. The number of nitrogens with zero attached hydrogens (tertiary/aromatic N) is 1. The van der Waals surface area contributed by atoms with Crippen LogP contribution in [0.2, 0.25) is 0 Å². The summed E-state index contributed by atoms with van der Waals surface area (Å²) in [6.07, 6.45) is 3.08. The third-order valence-electron chi connectivity index (χ3n) is 3.80. The Balaban J connectivity index is 1.70. The number of pyridine rings is 1. The van der Waals surface area contributed by atoms with Crippen molar-refractivity contribution in [3.8, 4) is 11.3 Å². The Hall–Kier alpha value is -1.71. The van der Waals surface area contributed by atoms with Crippen LogP contribution in [0.25, 0.3) is 21.3 Å². The fourth-order valence-electron chi connectivity index (χ4n) is 2.52. The van der Waals surface area contributed by atoms with Crippen molar-refractivity contribution in [1.82, 2.24) is 4.98 Å². The molecule has 0 spiro atoms. The first kappa shape index (κ1) is 11.1. The Morgan fingerprint density at radius 2 is 2.05 bits per heavy atom. The summed E-state index contributed by atoms with van der Waals surface area (Å²) in [6.45, 7) is 0. The van der Waals surface area contributed by atoms with Gasteiger partial charge < -0.3 is 5.73 Å². The Labute approximate surface area is 115 Å². The van der Waals surface area contributed by atoms with Crippen LogP contribution < -0.4 is 5.73 Å². The zero-order valence-corrected chi connectivity index (χ0v) is 11.2. The summed E-state index contributed by atoms with van der Waals surface area (Å²) in [6, 6.07) is 13.3. The number of nitrogens with two attached hydrogens (primary N) is 1. The number of thiophene rings is 1.